The number of hydrogen-bond acceptors (Lipinski definition) is 5. The first kappa shape index (κ1) is 18.5. The van der Waals surface area contributed by atoms with E-state index in [4.69, 9.17) is 20.9 Å². The van der Waals surface area contributed by atoms with Crippen LogP contribution >= 0.6 is 11.6 Å². The van der Waals surface area contributed by atoms with Crippen LogP contribution in [-0.4, -0.2) is 24.1 Å². The number of anilines is 1. The van der Waals surface area contributed by atoms with Crippen LogP contribution in [0.15, 0.2) is 59.1 Å². The summed E-state index contributed by atoms with van der Waals surface area (Å²) in [6, 6.07) is 15.0. The van der Waals surface area contributed by atoms with Crippen molar-refractivity contribution >= 4 is 29.1 Å². The third-order valence-corrected chi connectivity index (χ3v) is 4.02. The molecule has 0 bridgehead atoms. The lowest BCUT2D eigenvalue weighted by molar-refractivity contribution is 0.0945. The van der Waals surface area contributed by atoms with Gasteiger partial charge in [-0.2, -0.15) is 0 Å². The summed E-state index contributed by atoms with van der Waals surface area (Å²) in [5.41, 5.74) is 1.04. The second kappa shape index (κ2) is 8.37. The number of amides is 2. The van der Waals surface area contributed by atoms with Gasteiger partial charge < -0.3 is 19.9 Å². The van der Waals surface area contributed by atoms with Gasteiger partial charge in [0.2, 0.25) is 0 Å². The number of ether oxygens (including phenoxy) is 1. The van der Waals surface area contributed by atoms with E-state index in [0.29, 0.717) is 27.8 Å². The van der Waals surface area contributed by atoms with Crippen molar-refractivity contribution < 1.29 is 18.8 Å². The number of aromatic nitrogens is 1. The number of carbonyl (C=O) groups is 2. The summed E-state index contributed by atoms with van der Waals surface area (Å²) < 4.78 is 10.2. The Balaban J connectivity index is 1.58. The van der Waals surface area contributed by atoms with Gasteiger partial charge in [-0.05, 0) is 36.4 Å². The number of para-hydroxylation sites is 1. The average Bonchev–Trinajstić information content (AvgIpc) is 3.17. The molecular weight excluding hydrogens is 370 g/mol. The summed E-state index contributed by atoms with van der Waals surface area (Å²) in [6.45, 7) is 0.0945. The molecule has 0 unspecified atom stereocenters. The van der Waals surface area contributed by atoms with Crippen molar-refractivity contribution in [3.63, 3.8) is 0 Å². The summed E-state index contributed by atoms with van der Waals surface area (Å²) in [5.74, 6) is 0.271. The van der Waals surface area contributed by atoms with Crippen molar-refractivity contribution in [1.29, 1.82) is 0 Å². The summed E-state index contributed by atoms with van der Waals surface area (Å²) in [6.07, 6.45) is 0. The maximum atomic E-state index is 12.2. The molecule has 1 heterocycles. The Hall–Kier alpha value is -3.32. The van der Waals surface area contributed by atoms with Gasteiger partial charge in [0.1, 0.15) is 5.75 Å². The van der Waals surface area contributed by atoms with Crippen LogP contribution in [0.3, 0.4) is 0 Å². The molecule has 0 spiro atoms. The standard InChI is InChI=1S/C19H16ClN3O4/c1-26-13-8-6-12(7-9-13)18(24)21-11-14-10-17(23-27-14)19(25)22-16-5-3-2-4-15(16)20/h2-10H,11H2,1H3,(H,21,24)(H,22,25). The molecule has 1 aromatic heterocycles. The van der Waals surface area contributed by atoms with Gasteiger partial charge >= 0.3 is 0 Å². The highest BCUT2D eigenvalue weighted by atomic mass is 35.5. The maximum absolute atomic E-state index is 12.2. The number of nitrogens with one attached hydrogen (secondary N) is 2. The highest BCUT2D eigenvalue weighted by Gasteiger charge is 2.15. The molecule has 2 aromatic carbocycles. The fourth-order valence-electron chi connectivity index (χ4n) is 2.26. The molecule has 0 aliphatic heterocycles. The van der Waals surface area contributed by atoms with Gasteiger partial charge in [0.05, 0.1) is 24.4 Å². The summed E-state index contributed by atoms with van der Waals surface area (Å²) in [5, 5.41) is 9.48. The molecule has 27 heavy (non-hydrogen) atoms. The zero-order chi connectivity index (χ0) is 19.2. The number of benzene rings is 2. The molecule has 0 saturated heterocycles. The summed E-state index contributed by atoms with van der Waals surface area (Å²) in [7, 11) is 1.55. The summed E-state index contributed by atoms with van der Waals surface area (Å²) in [4.78, 5) is 24.3. The first-order chi connectivity index (χ1) is 13.1. The minimum atomic E-state index is -0.459. The van der Waals surface area contributed by atoms with E-state index in [0.717, 1.165) is 0 Å². The first-order valence-electron chi connectivity index (χ1n) is 8.00. The molecule has 8 heteroatoms. The van der Waals surface area contributed by atoms with Crippen LogP contribution in [0, 0.1) is 0 Å². The topological polar surface area (TPSA) is 93.5 Å². The highest BCUT2D eigenvalue weighted by Crippen LogP contribution is 2.21. The molecule has 0 fully saturated rings. The molecule has 7 nitrogen and oxygen atoms in total. The normalized spacial score (nSPS) is 10.3. The zero-order valence-electron chi connectivity index (χ0n) is 14.4. The Morgan fingerprint density at radius 3 is 2.56 bits per heavy atom. The van der Waals surface area contributed by atoms with E-state index in [1.807, 2.05) is 0 Å². The van der Waals surface area contributed by atoms with Crippen molar-refractivity contribution in [2.45, 2.75) is 6.54 Å². The van der Waals surface area contributed by atoms with Gasteiger partial charge in [0.15, 0.2) is 11.5 Å². The van der Waals surface area contributed by atoms with Crippen LogP contribution < -0.4 is 15.4 Å². The molecule has 3 rings (SSSR count). The van der Waals surface area contributed by atoms with E-state index in [1.165, 1.54) is 6.07 Å². The Labute approximate surface area is 160 Å². The molecular formula is C19H16ClN3O4. The van der Waals surface area contributed by atoms with E-state index < -0.39 is 5.91 Å². The van der Waals surface area contributed by atoms with Crippen molar-refractivity contribution in [2.24, 2.45) is 0 Å². The molecule has 138 valence electrons. The van der Waals surface area contributed by atoms with E-state index in [9.17, 15) is 9.59 Å². The Morgan fingerprint density at radius 2 is 1.85 bits per heavy atom. The lowest BCUT2D eigenvalue weighted by Gasteiger charge is -2.04. The minimum absolute atomic E-state index is 0.0867. The third-order valence-electron chi connectivity index (χ3n) is 3.69. The van der Waals surface area contributed by atoms with Crippen LogP contribution in [0.2, 0.25) is 5.02 Å². The molecule has 0 saturated carbocycles. The highest BCUT2D eigenvalue weighted by molar-refractivity contribution is 6.33. The van der Waals surface area contributed by atoms with Gasteiger partial charge in [-0.1, -0.05) is 28.9 Å². The van der Waals surface area contributed by atoms with Crippen LogP contribution in [0.5, 0.6) is 5.75 Å². The smallest absolute Gasteiger partial charge is 0.277 e. The van der Waals surface area contributed by atoms with Gasteiger partial charge in [0, 0.05) is 11.6 Å². The Kier molecular flexibility index (Phi) is 5.73. The quantitative estimate of drug-likeness (QED) is 0.677. The SMILES string of the molecule is COc1ccc(C(=O)NCc2cc(C(=O)Nc3ccccc3Cl)no2)cc1. The predicted molar refractivity (Wildman–Crippen MR) is 100 cm³/mol. The number of rotatable bonds is 6. The second-order valence-corrected chi connectivity index (χ2v) is 5.93. The molecule has 3 aromatic rings. The predicted octanol–water partition coefficient (Wildman–Crippen LogP) is 3.52. The van der Waals surface area contributed by atoms with Gasteiger partial charge in [-0.25, -0.2) is 0 Å². The Morgan fingerprint density at radius 1 is 1.11 bits per heavy atom. The van der Waals surface area contributed by atoms with Gasteiger partial charge in [-0.3, -0.25) is 9.59 Å². The van der Waals surface area contributed by atoms with E-state index in [1.54, 1.807) is 55.6 Å². The largest absolute Gasteiger partial charge is 0.497 e. The molecule has 0 radical (unpaired) electrons. The number of carbonyl (C=O) groups excluding carboxylic acids is 2. The second-order valence-electron chi connectivity index (χ2n) is 5.52. The number of halogens is 1. The van der Waals surface area contributed by atoms with Crippen LogP contribution in [0.25, 0.3) is 0 Å². The fourth-order valence-corrected chi connectivity index (χ4v) is 2.45. The third kappa shape index (κ3) is 4.65. The number of hydrogen-bond donors (Lipinski definition) is 2. The van der Waals surface area contributed by atoms with Crippen molar-refractivity contribution in [3.8, 4) is 5.75 Å². The van der Waals surface area contributed by atoms with Crippen molar-refractivity contribution in [1.82, 2.24) is 10.5 Å². The van der Waals surface area contributed by atoms with Gasteiger partial charge in [-0.15, -0.1) is 0 Å². The van der Waals surface area contributed by atoms with E-state index in [2.05, 4.69) is 15.8 Å². The molecule has 0 aliphatic rings. The zero-order valence-corrected chi connectivity index (χ0v) is 15.1. The lowest BCUT2D eigenvalue weighted by Crippen LogP contribution is -2.22. The Bertz CT molecular complexity index is 954. The number of nitrogens with zero attached hydrogens (tertiary/aromatic N) is 1. The van der Waals surface area contributed by atoms with Crippen LogP contribution in [0.4, 0.5) is 5.69 Å². The minimum Gasteiger partial charge on any atom is -0.497 e. The first-order valence-corrected chi connectivity index (χ1v) is 8.38. The van der Waals surface area contributed by atoms with Crippen LogP contribution in [0.1, 0.15) is 26.6 Å². The lowest BCUT2D eigenvalue weighted by atomic mass is 10.2. The fraction of sp³-hybridized carbons (Fsp3) is 0.105. The van der Waals surface area contributed by atoms with E-state index in [-0.39, 0.29) is 18.1 Å². The average molecular weight is 386 g/mol. The number of methoxy groups -OCH3 is 1. The molecule has 2 N–H and O–H groups in total. The molecule has 0 aliphatic carbocycles. The molecule has 2 amide bonds. The van der Waals surface area contributed by atoms with Gasteiger partial charge in [0.25, 0.3) is 11.8 Å². The van der Waals surface area contributed by atoms with E-state index >= 15 is 0 Å². The molecule has 0 atom stereocenters. The van der Waals surface area contributed by atoms with Crippen LogP contribution in [-0.2, 0) is 6.54 Å². The summed E-state index contributed by atoms with van der Waals surface area (Å²) >= 11 is 6.01. The van der Waals surface area contributed by atoms with Crippen molar-refractivity contribution in [3.05, 3.63) is 76.6 Å². The monoisotopic (exact) mass is 385 g/mol. The van der Waals surface area contributed by atoms with Crippen molar-refractivity contribution in [2.75, 3.05) is 12.4 Å². The maximum Gasteiger partial charge on any atom is 0.277 e.